The fourth-order valence-electron chi connectivity index (χ4n) is 3.27. The smallest absolute Gasteiger partial charge is 0.0897 e. The van der Waals surface area contributed by atoms with Crippen molar-refractivity contribution in [3.63, 3.8) is 0 Å². The molecule has 1 N–H and O–H groups in total. The molecule has 1 aliphatic rings. The molecule has 2 unspecified atom stereocenters. The van der Waals surface area contributed by atoms with Gasteiger partial charge in [0.05, 0.1) is 10.7 Å². The average molecular weight is 281 g/mol. The van der Waals surface area contributed by atoms with E-state index in [2.05, 4.69) is 48.5 Å². The lowest BCUT2D eigenvalue weighted by molar-refractivity contribution is 0.0749. The topological polar surface area (TPSA) is 28.2 Å². The van der Waals surface area contributed by atoms with Crippen molar-refractivity contribution < 1.29 is 0 Å². The maximum absolute atomic E-state index is 4.52. The van der Waals surface area contributed by atoms with E-state index in [4.69, 9.17) is 0 Å². The number of likely N-dealkylation sites (N-methyl/N-ethyl adjacent to an activating group) is 1. The van der Waals surface area contributed by atoms with Crippen LogP contribution in [-0.4, -0.2) is 36.1 Å². The van der Waals surface area contributed by atoms with Gasteiger partial charge in [-0.1, -0.05) is 19.8 Å². The summed E-state index contributed by atoms with van der Waals surface area (Å²) in [5, 5.41) is 6.95. The largest absolute Gasteiger partial charge is 0.309 e. The number of nitrogens with one attached hydrogen (secondary N) is 1. The molecule has 2 atom stereocenters. The van der Waals surface area contributed by atoms with Crippen LogP contribution >= 0.6 is 11.3 Å². The number of aromatic nitrogens is 1. The van der Waals surface area contributed by atoms with E-state index in [1.807, 2.05) is 0 Å². The number of hydrogen-bond acceptors (Lipinski definition) is 4. The second kappa shape index (κ2) is 6.33. The van der Waals surface area contributed by atoms with E-state index in [-0.39, 0.29) is 0 Å². The van der Waals surface area contributed by atoms with E-state index in [1.54, 1.807) is 11.3 Å². The van der Waals surface area contributed by atoms with Crippen LogP contribution in [0.2, 0.25) is 0 Å². The molecule has 0 spiro atoms. The summed E-state index contributed by atoms with van der Waals surface area (Å²) in [7, 11) is 4.46. The molecule has 1 aromatic rings. The van der Waals surface area contributed by atoms with Crippen LogP contribution in [0.1, 0.15) is 43.3 Å². The molecule has 0 bridgehead atoms. The van der Waals surface area contributed by atoms with Crippen molar-refractivity contribution in [2.45, 2.75) is 51.6 Å². The first kappa shape index (κ1) is 14.9. The van der Waals surface area contributed by atoms with E-state index < -0.39 is 0 Å². The molecule has 3 nitrogen and oxygen atoms in total. The molecule has 0 aromatic carbocycles. The summed E-state index contributed by atoms with van der Waals surface area (Å²) in [6.07, 6.45) is 5.37. The van der Waals surface area contributed by atoms with E-state index in [9.17, 15) is 0 Å². The first-order valence-corrected chi connectivity index (χ1v) is 8.19. The van der Waals surface area contributed by atoms with Crippen LogP contribution in [0.5, 0.6) is 0 Å². The van der Waals surface area contributed by atoms with Gasteiger partial charge in [-0.05, 0) is 39.8 Å². The third kappa shape index (κ3) is 3.77. The van der Waals surface area contributed by atoms with Crippen LogP contribution in [0, 0.1) is 12.8 Å². The van der Waals surface area contributed by atoms with Gasteiger partial charge in [0.1, 0.15) is 0 Å². The number of rotatable bonds is 5. The predicted octanol–water partition coefficient (Wildman–Crippen LogP) is 3.05. The van der Waals surface area contributed by atoms with Gasteiger partial charge in [0.2, 0.25) is 0 Å². The SMILES string of the molecule is Cc1nc(CNCC2(N(C)C)CCCC(C)C2)cs1. The Morgan fingerprint density at radius 2 is 2.32 bits per heavy atom. The van der Waals surface area contributed by atoms with Crippen molar-refractivity contribution in [3.8, 4) is 0 Å². The zero-order valence-corrected chi connectivity index (χ0v) is 13.5. The van der Waals surface area contributed by atoms with Crippen LogP contribution in [0.3, 0.4) is 0 Å². The van der Waals surface area contributed by atoms with Crippen molar-refractivity contribution in [1.82, 2.24) is 15.2 Å². The highest BCUT2D eigenvalue weighted by Gasteiger charge is 2.36. The van der Waals surface area contributed by atoms with Gasteiger partial charge in [-0.2, -0.15) is 0 Å². The fourth-order valence-corrected chi connectivity index (χ4v) is 3.88. The Morgan fingerprint density at radius 1 is 1.53 bits per heavy atom. The Hall–Kier alpha value is -0.450. The van der Waals surface area contributed by atoms with Gasteiger partial charge in [-0.15, -0.1) is 11.3 Å². The maximum Gasteiger partial charge on any atom is 0.0897 e. The number of thiazole rings is 1. The predicted molar refractivity (Wildman–Crippen MR) is 82.6 cm³/mol. The first-order chi connectivity index (χ1) is 9.02. The monoisotopic (exact) mass is 281 g/mol. The molecule has 2 rings (SSSR count). The molecular formula is C15H27N3S. The molecule has 1 saturated carbocycles. The summed E-state index contributed by atoms with van der Waals surface area (Å²) in [5.74, 6) is 0.847. The lowest BCUT2D eigenvalue weighted by Crippen LogP contribution is -2.54. The van der Waals surface area contributed by atoms with E-state index >= 15 is 0 Å². The van der Waals surface area contributed by atoms with Gasteiger partial charge in [0.15, 0.2) is 0 Å². The molecule has 4 heteroatoms. The molecule has 1 heterocycles. The second-order valence-corrected chi connectivity index (χ2v) is 7.34. The molecular weight excluding hydrogens is 254 g/mol. The van der Waals surface area contributed by atoms with E-state index in [0.29, 0.717) is 5.54 Å². The lowest BCUT2D eigenvalue weighted by atomic mass is 9.75. The minimum absolute atomic E-state index is 0.336. The van der Waals surface area contributed by atoms with Crippen LogP contribution in [0.4, 0.5) is 0 Å². The molecule has 0 aliphatic heterocycles. The van der Waals surface area contributed by atoms with Crippen LogP contribution < -0.4 is 5.32 Å². The number of hydrogen-bond donors (Lipinski definition) is 1. The molecule has 1 fully saturated rings. The molecule has 1 aromatic heterocycles. The summed E-state index contributed by atoms with van der Waals surface area (Å²) in [4.78, 5) is 6.95. The third-order valence-electron chi connectivity index (χ3n) is 4.44. The summed E-state index contributed by atoms with van der Waals surface area (Å²) < 4.78 is 0. The van der Waals surface area contributed by atoms with Gasteiger partial charge >= 0.3 is 0 Å². The average Bonchev–Trinajstić information content (AvgIpc) is 2.75. The Bertz CT molecular complexity index is 402. The summed E-state index contributed by atoms with van der Waals surface area (Å²) >= 11 is 1.73. The van der Waals surface area contributed by atoms with Crippen molar-refractivity contribution in [1.29, 1.82) is 0 Å². The van der Waals surface area contributed by atoms with Gasteiger partial charge in [-0.25, -0.2) is 4.98 Å². The quantitative estimate of drug-likeness (QED) is 0.899. The van der Waals surface area contributed by atoms with E-state index in [0.717, 1.165) is 24.0 Å². The Balaban J connectivity index is 1.90. The highest BCUT2D eigenvalue weighted by atomic mass is 32.1. The fraction of sp³-hybridized carbons (Fsp3) is 0.800. The van der Waals surface area contributed by atoms with E-state index in [1.165, 1.54) is 31.4 Å². The molecule has 1 aliphatic carbocycles. The Kier molecular flexibility index (Phi) is 4.98. The Morgan fingerprint density at radius 3 is 2.89 bits per heavy atom. The minimum Gasteiger partial charge on any atom is -0.309 e. The van der Waals surface area contributed by atoms with Crippen LogP contribution in [0.15, 0.2) is 5.38 Å². The standard InChI is InChI=1S/C15H27N3S/c1-12-6-5-7-15(8-12,18(3)4)11-16-9-14-10-19-13(2)17-14/h10,12,16H,5-9,11H2,1-4H3. The highest BCUT2D eigenvalue weighted by molar-refractivity contribution is 7.09. The zero-order chi connectivity index (χ0) is 13.9. The van der Waals surface area contributed by atoms with Crippen molar-refractivity contribution in [2.24, 2.45) is 5.92 Å². The molecule has 0 amide bonds. The lowest BCUT2D eigenvalue weighted by Gasteiger charge is -2.45. The number of nitrogens with zero attached hydrogens (tertiary/aromatic N) is 2. The van der Waals surface area contributed by atoms with Crippen LogP contribution in [0.25, 0.3) is 0 Å². The maximum atomic E-state index is 4.52. The normalized spacial score (nSPS) is 27.9. The first-order valence-electron chi connectivity index (χ1n) is 7.31. The van der Waals surface area contributed by atoms with Crippen molar-refractivity contribution >= 4 is 11.3 Å². The van der Waals surface area contributed by atoms with Gasteiger partial charge in [-0.3, -0.25) is 0 Å². The molecule has 0 radical (unpaired) electrons. The summed E-state index contributed by atoms with van der Waals surface area (Å²) in [6.45, 7) is 6.43. The van der Waals surface area contributed by atoms with Crippen molar-refractivity contribution in [2.75, 3.05) is 20.6 Å². The molecule has 19 heavy (non-hydrogen) atoms. The molecule has 0 saturated heterocycles. The number of aryl methyl sites for hydroxylation is 1. The van der Waals surface area contributed by atoms with Gasteiger partial charge in [0.25, 0.3) is 0 Å². The minimum atomic E-state index is 0.336. The third-order valence-corrected chi connectivity index (χ3v) is 5.27. The summed E-state index contributed by atoms with van der Waals surface area (Å²) in [6, 6.07) is 0. The van der Waals surface area contributed by atoms with Gasteiger partial charge in [0, 0.05) is 24.0 Å². The Labute approximate surface area is 121 Å². The summed E-state index contributed by atoms with van der Waals surface area (Å²) in [5.41, 5.74) is 1.52. The van der Waals surface area contributed by atoms with Gasteiger partial charge < -0.3 is 10.2 Å². The zero-order valence-electron chi connectivity index (χ0n) is 12.7. The second-order valence-electron chi connectivity index (χ2n) is 6.28. The van der Waals surface area contributed by atoms with Crippen LogP contribution in [-0.2, 0) is 6.54 Å². The molecule has 108 valence electrons. The highest BCUT2D eigenvalue weighted by Crippen LogP contribution is 2.35. The van der Waals surface area contributed by atoms with Crippen molar-refractivity contribution in [3.05, 3.63) is 16.1 Å².